The number of nitrogens with zero attached hydrogens (tertiary/aromatic N) is 1. The van der Waals surface area contributed by atoms with E-state index in [-0.39, 0.29) is 23.9 Å². The first-order valence-corrected chi connectivity index (χ1v) is 7.12. The first-order valence-electron chi connectivity index (χ1n) is 7.12. The van der Waals surface area contributed by atoms with Crippen LogP contribution in [0, 0.1) is 21.4 Å². The molecule has 0 aromatic rings. The first kappa shape index (κ1) is 17.9. The number of esters is 1. The summed E-state index contributed by atoms with van der Waals surface area (Å²) in [6.07, 6.45) is 3.29. The molecule has 0 heterocycles. The van der Waals surface area contributed by atoms with Gasteiger partial charge in [0.1, 0.15) is 0 Å². The van der Waals surface area contributed by atoms with Crippen LogP contribution in [0.4, 0.5) is 0 Å². The Labute approximate surface area is 115 Å². The van der Waals surface area contributed by atoms with Crippen molar-refractivity contribution in [2.45, 2.75) is 59.8 Å². The highest BCUT2D eigenvalue weighted by Crippen LogP contribution is 2.35. The largest absolute Gasteiger partial charge is 0.466 e. The van der Waals surface area contributed by atoms with E-state index < -0.39 is 5.41 Å². The Morgan fingerprint density at radius 2 is 1.95 bits per heavy atom. The van der Waals surface area contributed by atoms with Gasteiger partial charge in [-0.1, -0.05) is 33.6 Å². The molecule has 19 heavy (non-hydrogen) atoms. The molecule has 0 aliphatic carbocycles. The van der Waals surface area contributed by atoms with Crippen LogP contribution >= 0.6 is 0 Å². The molecule has 0 fully saturated rings. The second kappa shape index (κ2) is 8.88. The average molecular weight is 273 g/mol. The monoisotopic (exact) mass is 273 g/mol. The molecule has 0 rings (SSSR count). The molecule has 1 unspecified atom stereocenters. The minimum absolute atomic E-state index is 0.146. The number of nitro groups is 1. The van der Waals surface area contributed by atoms with Gasteiger partial charge in [-0.15, -0.1) is 0 Å². The average Bonchev–Trinajstić information content (AvgIpc) is 2.26. The van der Waals surface area contributed by atoms with Crippen LogP contribution in [-0.2, 0) is 9.53 Å². The molecule has 0 aromatic carbocycles. The maximum absolute atomic E-state index is 11.7. The standard InChI is InChI=1S/C14H27NO4/c1-5-8-14(11-15(17)18,9-7-12(3)4)10-13(16)19-6-2/h12H,5-11H2,1-4H3. The summed E-state index contributed by atoms with van der Waals surface area (Å²) in [5.74, 6) is 0.159. The summed E-state index contributed by atoms with van der Waals surface area (Å²) in [5, 5.41) is 10.9. The molecule has 5 heteroatoms. The van der Waals surface area contributed by atoms with Gasteiger partial charge < -0.3 is 4.74 Å². The fourth-order valence-corrected chi connectivity index (χ4v) is 2.43. The second-order valence-electron chi connectivity index (χ2n) is 5.66. The van der Waals surface area contributed by atoms with Gasteiger partial charge in [-0.05, 0) is 25.7 Å². The summed E-state index contributed by atoms with van der Waals surface area (Å²) in [7, 11) is 0. The summed E-state index contributed by atoms with van der Waals surface area (Å²) in [6.45, 7) is 8.10. The molecule has 0 saturated carbocycles. The van der Waals surface area contributed by atoms with Gasteiger partial charge in [-0.2, -0.15) is 0 Å². The smallest absolute Gasteiger partial charge is 0.306 e. The van der Waals surface area contributed by atoms with Crippen molar-refractivity contribution < 1.29 is 14.5 Å². The molecule has 0 saturated heterocycles. The number of hydrogen-bond donors (Lipinski definition) is 0. The number of rotatable bonds is 10. The fraction of sp³-hybridized carbons (Fsp3) is 0.929. The maximum Gasteiger partial charge on any atom is 0.306 e. The SMILES string of the molecule is CCCC(CCC(C)C)(CC(=O)OCC)C[N+](=O)[O-]. The zero-order valence-corrected chi connectivity index (χ0v) is 12.6. The molecule has 0 spiro atoms. The van der Waals surface area contributed by atoms with E-state index in [0.717, 1.165) is 12.8 Å². The van der Waals surface area contributed by atoms with Crippen molar-refractivity contribution >= 4 is 5.97 Å². The molecule has 0 aromatic heterocycles. The minimum Gasteiger partial charge on any atom is -0.466 e. The Balaban J connectivity index is 4.88. The Kier molecular flexibility index (Phi) is 8.35. The number of hydrogen-bond acceptors (Lipinski definition) is 4. The van der Waals surface area contributed by atoms with Gasteiger partial charge in [-0.3, -0.25) is 14.9 Å². The van der Waals surface area contributed by atoms with E-state index in [2.05, 4.69) is 13.8 Å². The van der Waals surface area contributed by atoms with E-state index in [1.54, 1.807) is 6.92 Å². The van der Waals surface area contributed by atoms with E-state index in [1.807, 2.05) is 6.92 Å². The second-order valence-corrected chi connectivity index (χ2v) is 5.66. The molecule has 0 aliphatic heterocycles. The van der Waals surface area contributed by atoms with Crippen molar-refractivity contribution in [3.8, 4) is 0 Å². The van der Waals surface area contributed by atoms with Crippen molar-refractivity contribution in [1.82, 2.24) is 0 Å². The maximum atomic E-state index is 11.7. The van der Waals surface area contributed by atoms with Crippen LogP contribution in [0.5, 0.6) is 0 Å². The van der Waals surface area contributed by atoms with E-state index in [9.17, 15) is 14.9 Å². The molecule has 0 radical (unpaired) electrons. The number of ether oxygens (including phenoxy) is 1. The van der Waals surface area contributed by atoms with Crippen LogP contribution in [0.3, 0.4) is 0 Å². The van der Waals surface area contributed by atoms with Crippen LogP contribution in [0.15, 0.2) is 0 Å². The Morgan fingerprint density at radius 3 is 2.37 bits per heavy atom. The van der Waals surface area contributed by atoms with Crippen molar-refractivity contribution in [2.75, 3.05) is 13.2 Å². The summed E-state index contributed by atoms with van der Waals surface area (Å²) in [5.41, 5.74) is -0.547. The van der Waals surface area contributed by atoms with Crippen LogP contribution in [0.2, 0.25) is 0 Å². The molecule has 0 N–H and O–H groups in total. The van der Waals surface area contributed by atoms with Gasteiger partial charge in [0.2, 0.25) is 6.54 Å². The lowest BCUT2D eigenvalue weighted by molar-refractivity contribution is -0.498. The zero-order chi connectivity index (χ0) is 14.9. The van der Waals surface area contributed by atoms with Crippen LogP contribution < -0.4 is 0 Å². The Morgan fingerprint density at radius 1 is 1.32 bits per heavy atom. The van der Waals surface area contributed by atoms with Crippen molar-refractivity contribution in [3.63, 3.8) is 0 Å². The van der Waals surface area contributed by atoms with Gasteiger partial charge in [0.25, 0.3) is 0 Å². The van der Waals surface area contributed by atoms with Gasteiger partial charge in [0.05, 0.1) is 13.0 Å². The van der Waals surface area contributed by atoms with Crippen molar-refractivity contribution in [3.05, 3.63) is 10.1 Å². The lowest BCUT2D eigenvalue weighted by Crippen LogP contribution is -2.33. The topological polar surface area (TPSA) is 69.4 Å². The lowest BCUT2D eigenvalue weighted by atomic mass is 9.75. The highest BCUT2D eigenvalue weighted by Gasteiger charge is 2.37. The third kappa shape index (κ3) is 7.80. The van der Waals surface area contributed by atoms with Crippen molar-refractivity contribution in [2.24, 2.45) is 11.3 Å². The molecule has 1 atom stereocenters. The summed E-state index contributed by atoms with van der Waals surface area (Å²) in [4.78, 5) is 22.3. The number of carbonyl (C=O) groups excluding carboxylic acids is 1. The third-order valence-electron chi connectivity index (χ3n) is 3.32. The molecule has 0 amide bonds. The molecular weight excluding hydrogens is 246 g/mol. The normalized spacial score (nSPS) is 14.2. The van der Waals surface area contributed by atoms with Crippen LogP contribution in [0.25, 0.3) is 0 Å². The first-order chi connectivity index (χ1) is 8.85. The van der Waals surface area contributed by atoms with E-state index in [4.69, 9.17) is 4.74 Å². The van der Waals surface area contributed by atoms with Crippen LogP contribution in [-0.4, -0.2) is 24.0 Å². The van der Waals surface area contributed by atoms with Crippen LogP contribution in [0.1, 0.15) is 59.8 Å². The molecule has 0 aliphatic rings. The quantitative estimate of drug-likeness (QED) is 0.347. The molecule has 5 nitrogen and oxygen atoms in total. The van der Waals surface area contributed by atoms with E-state index >= 15 is 0 Å². The van der Waals surface area contributed by atoms with Gasteiger partial charge in [0, 0.05) is 10.3 Å². The molecule has 112 valence electrons. The zero-order valence-electron chi connectivity index (χ0n) is 12.6. The Bertz CT molecular complexity index is 291. The molecule has 0 bridgehead atoms. The summed E-state index contributed by atoms with van der Waals surface area (Å²) >= 11 is 0. The van der Waals surface area contributed by atoms with Gasteiger partial charge >= 0.3 is 5.97 Å². The highest BCUT2D eigenvalue weighted by atomic mass is 16.6. The molecular formula is C14H27NO4. The highest BCUT2D eigenvalue weighted by molar-refractivity contribution is 5.70. The summed E-state index contributed by atoms with van der Waals surface area (Å²) < 4.78 is 4.97. The number of carbonyl (C=O) groups is 1. The lowest BCUT2D eigenvalue weighted by Gasteiger charge is -2.29. The van der Waals surface area contributed by atoms with E-state index in [1.165, 1.54) is 0 Å². The minimum atomic E-state index is -0.547. The van der Waals surface area contributed by atoms with Gasteiger partial charge in [-0.25, -0.2) is 0 Å². The third-order valence-corrected chi connectivity index (χ3v) is 3.32. The summed E-state index contributed by atoms with van der Waals surface area (Å²) in [6, 6.07) is 0. The predicted octanol–water partition coefficient (Wildman–Crippen LogP) is 3.44. The fourth-order valence-electron chi connectivity index (χ4n) is 2.43. The van der Waals surface area contributed by atoms with Gasteiger partial charge in [0.15, 0.2) is 0 Å². The predicted molar refractivity (Wildman–Crippen MR) is 74.5 cm³/mol. The van der Waals surface area contributed by atoms with E-state index in [0.29, 0.717) is 25.4 Å². The Hall–Kier alpha value is -1.13. The van der Waals surface area contributed by atoms with Crippen molar-refractivity contribution in [1.29, 1.82) is 0 Å².